The molecule has 0 aromatic heterocycles. The number of para-hydroxylation sites is 1. The largest absolute Gasteiger partial charge is 0.416 e. The second kappa shape index (κ2) is 10.4. The number of amides is 1. The number of hydrogen-bond acceptors (Lipinski definition) is 3. The summed E-state index contributed by atoms with van der Waals surface area (Å²) in [7, 11) is 0. The molecule has 0 fully saturated rings. The fraction of sp³-hybridized carbons (Fsp3) is 0.278. The van der Waals surface area contributed by atoms with E-state index in [9.17, 15) is 18.0 Å². The van der Waals surface area contributed by atoms with Crippen molar-refractivity contribution in [2.75, 3.05) is 17.2 Å². The minimum absolute atomic E-state index is 0. The number of rotatable bonds is 5. The molecule has 0 saturated carbocycles. The molecule has 0 radical (unpaired) electrons. The summed E-state index contributed by atoms with van der Waals surface area (Å²) < 4.78 is 38.7. The van der Waals surface area contributed by atoms with Crippen molar-refractivity contribution in [2.24, 2.45) is 5.73 Å². The van der Waals surface area contributed by atoms with Gasteiger partial charge in [0.2, 0.25) is 5.91 Å². The minimum Gasteiger partial charge on any atom is -0.376 e. The zero-order valence-corrected chi connectivity index (χ0v) is 16.4. The van der Waals surface area contributed by atoms with Gasteiger partial charge in [0.1, 0.15) is 0 Å². The number of carbonyl (C=O) groups is 1. The molecular formula is C18H22Cl2F3N3O. The van der Waals surface area contributed by atoms with Crippen molar-refractivity contribution in [3.8, 4) is 0 Å². The normalized spacial score (nSPS) is 10.4. The molecule has 4 nitrogen and oxygen atoms in total. The second-order valence-corrected chi connectivity index (χ2v) is 5.79. The summed E-state index contributed by atoms with van der Waals surface area (Å²) in [5.41, 5.74) is 7.77. The van der Waals surface area contributed by atoms with Crippen molar-refractivity contribution >= 4 is 42.1 Å². The van der Waals surface area contributed by atoms with Crippen LogP contribution in [0.25, 0.3) is 0 Å². The van der Waals surface area contributed by atoms with Gasteiger partial charge < -0.3 is 16.4 Å². The van der Waals surface area contributed by atoms with Gasteiger partial charge in [-0.25, -0.2) is 0 Å². The summed E-state index contributed by atoms with van der Waals surface area (Å²) in [5, 5.41) is 5.50. The topological polar surface area (TPSA) is 67.2 Å². The molecule has 0 aliphatic heterocycles. The Hall–Kier alpha value is -1.96. The Morgan fingerprint density at radius 1 is 1.07 bits per heavy atom. The smallest absolute Gasteiger partial charge is 0.376 e. The van der Waals surface area contributed by atoms with E-state index in [-0.39, 0.29) is 43.6 Å². The standard InChI is InChI=1S/C18H20F3N3O.2ClH/c1-11-4-3-5-12(2)17(11)23-10-16(25)24-15-7-13(9-22)6-14(8-15)18(19,20)21;;/h3-8,23H,9-10,22H2,1-2H3,(H,24,25);2*1H. The fourth-order valence-electron chi connectivity index (χ4n) is 2.51. The minimum atomic E-state index is -4.50. The molecule has 0 bridgehead atoms. The van der Waals surface area contributed by atoms with Crippen molar-refractivity contribution in [3.63, 3.8) is 0 Å². The van der Waals surface area contributed by atoms with E-state index < -0.39 is 17.6 Å². The Bertz CT molecular complexity index is 763. The van der Waals surface area contributed by atoms with Crippen LogP contribution < -0.4 is 16.4 Å². The lowest BCUT2D eigenvalue weighted by molar-refractivity contribution is -0.137. The zero-order chi connectivity index (χ0) is 18.6. The van der Waals surface area contributed by atoms with Crippen LogP contribution in [-0.2, 0) is 17.5 Å². The second-order valence-electron chi connectivity index (χ2n) is 5.79. The van der Waals surface area contributed by atoms with E-state index in [2.05, 4.69) is 10.6 Å². The molecule has 4 N–H and O–H groups in total. The highest BCUT2D eigenvalue weighted by Crippen LogP contribution is 2.32. The maximum Gasteiger partial charge on any atom is 0.416 e. The number of halogens is 5. The average Bonchev–Trinajstić information content (AvgIpc) is 2.53. The molecule has 0 unspecified atom stereocenters. The Balaban J connectivity index is 0.00000338. The first-order valence-electron chi connectivity index (χ1n) is 7.72. The molecule has 2 rings (SSSR count). The summed E-state index contributed by atoms with van der Waals surface area (Å²) in [6.07, 6.45) is -4.50. The molecule has 0 spiro atoms. The van der Waals surface area contributed by atoms with Gasteiger partial charge >= 0.3 is 6.18 Å². The third-order valence-electron chi connectivity index (χ3n) is 3.75. The van der Waals surface area contributed by atoms with Gasteiger partial charge in [-0.2, -0.15) is 13.2 Å². The summed E-state index contributed by atoms with van der Waals surface area (Å²) in [6, 6.07) is 9.04. The van der Waals surface area contributed by atoms with Gasteiger partial charge in [-0.1, -0.05) is 18.2 Å². The first-order valence-corrected chi connectivity index (χ1v) is 7.72. The van der Waals surface area contributed by atoms with Gasteiger partial charge in [0.25, 0.3) is 0 Å². The van der Waals surface area contributed by atoms with Gasteiger partial charge in [0, 0.05) is 17.9 Å². The van der Waals surface area contributed by atoms with Crippen LogP contribution in [0.15, 0.2) is 36.4 Å². The molecule has 1 amide bonds. The van der Waals surface area contributed by atoms with Crippen molar-refractivity contribution in [2.45, 2.75) is 26.6 Å². The van der Waals surface area contributed by atoms with Gasteiger partial charge in [-0.05, 0) is 48.7 Å². The van der Waals surface area contributed by atoms with Crippen LogP contribution in [0.3, 0.4) is 0 Å². The molecule has 2 aromatic rings. The van der Waals surface area contributed by atoms with E-state index in [0.29, 0.717) is 5.56 Å². The third-order valence-corrected chi connectivity index (χ3v) is 3.75. The predicted octanol–water partition coefficient (Wildman–Crippen LogP) is 4.68. The predicted molar refractivity (Wildman–Crippen MR) is 107 cm³/mol. The lowest BCUT2D eigenvalue weighted by Crippen LogP contribution is -2.23. The van der Waals surface area contributed by atoms with Crippen molar-refractivity contribution in [1.82, 2.24) is 0 Å². The summed E-state index contributed by atoms with van der Waals surface area (Å²) >= 11 is 0. The third kappa shape index (κ3) is 6.93. The molecule has 0 aliphatic carbocycles. The van der Waals surface area contributed by atoms with Crippen LogP contribution in [0.4, 0.5) is 24.5 Å². The van der Waals surface area contributed by atoms with Gasteiger partial charge in [-0.3, -0.25) is 4.79 Å². The molecular weight excluding hydrogens is 402 g/mol. The van der Waals surface area contributed by atoms with E-state index in [1.165, 1.54) is 6.07 Å². The van der Waals surface area contributed by atoms with Crippen LogP contribution in [-0.4, -0.2) is 12.5 Å². The van der Waals surface area contributed by atoms with E-state index >= 15 is 0 Å². The number of nitrogens with two attached hydrogens (primary N) is 1. The lowest BCUT2D eigenvalue weighted by atomic mass is 10.1. The maximum absolute atomic E-state index is 12.9. The highest BCUT2D eigenvalue weighted by atomic mass is 35.5. The van der Waals surface area contributed by atoms with Crippen molar-refractivity contribution < 1.29 is 18.0 Å². The summed E-state index contributed by atoms with van der Waals surface area (Å²) in [6.45, 7) is 3.72. The van der Waals surface area contributed by atoms with E-state index in [1.807, 2.05) is 32.0 Å². The molecule has 150 valence electrons. The van der Waals surface area contributed by atoms with Gasteiger partial charge in [0.15, 0.2) is 0 Å². The van der Waals surface area contributed by atoms with Crippen molar-refractivity contribution in [1.29, 1.82) is 0 Å². The van der Waals surface area contributed by atoms with Gasteiger partial charge in [-0.15, -0.1) is 24.8 Å². The molecule has 0 aliphatic rings. The van der Waals surface area contributed by atoms with Crippen LogP contribution in [0.1, 0.15) is 22.3 Å². The number of benzene rings is 2. The molecule has 9 heteroatoms. The van der Waals surface area contributed by atoms with Crippen LogP contribution in [0.5, 0.6) is 0 Å². The lowest BCUT2D eigenvalue weighted by Gasteiger charge is -2.14. The van der Waals surface area contributed by atoms with Crippen LogP contribution >= 0.6 is 24.8 Å². The fourth-order valence-corrected chi connectivity index (χ4v) is 2.51. The quantitative estimate of drug-likeness (QED) is 0.653. The number of hydrogen-bond donors (Lipinski definition) is 3. The number of alkyl halides is 3. The first-order chi connectivity index (χ1) is 11.7. The number of aryl methyl sites for hydroxylation is 2. The number of carbonyl (C=O) groups excluding carboxylic acids is 1. The number of anilines is 2. The zero-order valence-electron chi connectivity index (χ0n) is 14.8. The molecule has 0 heterocycles. The first kappa shape index (κ1) is 25.0. The number of nitrogens with one attached hydrogen (secondary N) is 2. The maximum atomic E-state index is 12.9. The monoisotopic (exact) mass is 423 g/mol. The molecule has 2 aromatic carbocycles. The highest BCUT2D eigenvalue weighted by molar-refractivity contribution is 5.94. The average molecular weight is 424 g/mol. The summed E-state index contributed by atoms with van der Waals surface area (Å²) in [5.74, 6) is -0.440. The summed E-state index contributed by atoms with van der Waals surface area (Å²) in [4.78, 5) is 12.1. The van der Waals surface area contributed by atoms with E-state index in [0.717, 1.165) is 28.9 Å². The SMILES string of the molecule is Cc1cccc(C)c1NCC(=O)Nc1cc(CN)cc(C(F)(F)F)c1.Cl.Cl. The molecule has 0 atom stereocenters. The van der Waals surface area contributed by atoms with Crippen LogP contribution in [0.2, 0.25) is 0 Å². The van der Waals surface area contributed by atoms with E-state index in [1.54, 1.807) is 0 Å². The molecule has 0 saturated heterocycles. The van der Waals surface area contributed by atoms with Gasteiger partial charge in [0.05, 0.1) is 12.1 Å². The Morgan fingerprint density at radius 3 is 2.19 bits per heavy atom. The Labute approximate surface area is 168 Å². The Morgan fingerprint density at radius 2 is 1.67 bits per heavy atom. The van der Waals surface area contributed by atoms with Crippen LogP contribution in [0, 0.1) is 13.8 Å². The highest BCUT2D eigenvalue weighted by Gasteiger charge is 2.31. The molecule has 27 heavy (non-hydrogen) atoms. The van der Waals surface area contributed by atoms with Crippen molar-refractivity contribution in [3.05, 3.63) is 58.7 Å². The van der Waals surface area contributed by atoms with E-state index in [4.69, 9.17) is 5.73 Å². The Kier molecular flexibility index (Phi) is 9.64.